The molecule has 0 aromatic carbocycles. The highest BCUT2D eigenvalue weighted by molar-refractivity contribution is 8.14. The number of amides is 1. The van der Waals surface area contributed by atoms with E-state index in [9.17, 15) is 9.59 Å². The van der Waals surface area contributed by atoms with Gasteiger partial charge in [-0.1, -0.05) is 0 Å². The molecule has 1 atom stereocenters. The Bertz CT molecular complexity index is 273. The van der Waals surface area contributed by atoms with E-state index in [4.69, 9.17) is 10.2 Å². The lowest BCUT2D eigenvalue weighted by Crippen LogP contribution is -2.32. The number of hydrogen-bond acceptors (Lipinski definition) is 5. The average Bonchev–Trinajstić information content (AvgIpc) is 1.82. The van der Waals surface area contributed by atoms with Crippen molar-refractivity contribution in [1.82, 2.24) is 5.32 Å². The van der Waals surface area contributed by atoms with Crippen LogP contribution in [0.2, 0.25) is 0 Å². The summed E-state index contributed by atoms with van der Waals surface area (Å²) in [7, 11) is 0. The van der Waals surface area contributed by atoms with E-state index in [0.29, 0.717) is 11.8 Å². The van der Waals surface area contributed by atoms with Gasteiger partial charge in [0.1, 0.15) is 5.44 Å². The molecule has 0 saturated carbocycles. The molecule has 1 amide bonds. The van der Waals surface area contributed by atoms with Crippen LogP contribution in [0.1, 0.15) is 6.92 Å². The molecule has 1 unspecified atom stereocenters. The van der Waals surface area contributed by atoms with Crippen molar-refractivity contribution < 1.29 is 19.8 Å². The maximum atomic E-state index is 10.8. The zero-order chi connectivity index (χ0) is 9.30. The minimum Gasteiger partial charge on any atom is -0.494 e. The van der Waals surface area contributed by atoms with E-state index in [2.05, 4.69) is 0 Å². The first-order valence-electron chi connectivity index (χ1n) is 3.12. The summed E-state index contributed by atoms with van der Waals surface area (Å²) in [5.41, 5.74) is -1.43. The van der Waals surface area contributed by atoms with Gasteiger partial charge in [-0.2, -0.15) is 0 Å². The molecular weight excluding hydrogens is 182 g/mol. The van der Waals surface area contributed by atoms with Crippen LogP contribution in [0.3, 0.4) is 0 Å². The summed E-state index contributed by atoms with van der Waals surface area (Å²) in [4.78, 5) is 21.4. The van der Waals surface area contributed by atoms with Crippen molar-refractivity contribution in [1.29, 1.82) is 0 Å². The van der Waals surface area contributed by atoms with Gasteiger partial charge in [-0.25, -0.2) is 0 Å². The zero-order valence-electron chi connectivity index (χ0n) is 6.20. The minimum absolute atomic E-state index is 0.167. The molecule has 0 spiro atoms. The molecule has 0 fully saturated rings. The summed E-state index contributed by atoms with van der Waals surface area (Å²) in [5.74, 6) is -1.02. The topological polar surface area (TPSA) is 86.6 Å². The third-order valence-corrected chi connectivity index (χ3v) is 2.10. The van der Waals surface area contributed by atoms with Crippen LogP contribution in [0.4, 0.5) is 4.79 Å². The fourth-order valence-corrected chi connectivity index (χ4v) is 1.57. The Morgan fingerprint density at radius 2 is 2.25 bits per heavy atom. The van der Waals surface area contributed by atoms with Gasteiger partial charge in [-0.05, 0) is 18.7 Å². The molecule has 0 bridgehead atoms. The third kappa shape index (κ3) is 1.59. The van der Waals surface area contributed by atoms with Crippen LogP contribution >= 0.6 is 11.8 Å². The van der Waals surface area contributed by atoms with E-state index in [1.165, 1.54) is 6.92 Å². The van der Waals surface area contributed by atoms with Crippen LogP contribution in [0.25, 0.3) is 0 Å². The van der Waals surface area contributed by atoms with Gasteiger partial charge < -0.3 is 10.2 Å². The molecule has 6 heteroatoms. The van der Waals surface area contributed by atoms with Gasteiger partial charge in [0.2, 0.25) is 5.88 Å². The standard InChI is InChI=1S/C6H7NO4S/c1-2(8)3-4(9)7-6(11)12-5(3)10/h5,9-10H,1H3,(H,7,11). The van der Waals surface area contributed by atoms with Crippen LogP contribution in [-0.4, -0.2) is 26.7 Å². The van der Waals surface area contributed by atoms with Crippen molar-refractivity contribution in [2.24, 2.45) is 0 Å². The van der Waals surface area contributed by atoms with Crippen molar-refractivity contribution in [3.63, 3.8) is 0 Å². The number of hydrogen-bond donors (Lipinski definition) is 3. The van der Waals surface area contributed by atoms with Crippen LogP contribution in [0.5, 0.6) is 0 Å². The quantitative estimate of drug-likeness (QED) is 0.545. The number of nitrogens with one attached hydrogen (secondary N) is 1. The largest absolute Gasteiger partial charge is 0.494 e. The van der Waals surface area contributed by atoms with Crippen molar-refractivity contribution in [3.8, 4) is 0 Å². The smallest absolute Gasteiger partial charge is 0.288 e. The predicted octanol–water partition coefficient (Wildman–Crippen LogP) is 0.120. The van der Waals surface area contributed by atoms with Crippen LogP contribution < -0.4 is 5.32 Å². The molecule has 12 heavy (non-hydrogen) atoms. The molecule has 0 aromatic heterocycles. The Labute approximate surface area is 72.5 Å². The fourth-order valence-electron chi connectivity index (χ4n) is 0.811. The van der Waals surface area contributed by atoms with Crippen molar-refractivity contribution >= 4 is 22.8 Å². The van der Waals surface area contributed by atoms with E-state index in [0.717, 1.165) is 0 Å². The Kier molecular flexibility index (Phi) is 2.39. The van der Waals surface area contributed by atoms with E-state index < -0.39 is 22.3 Å². The van der Waals surface area contributed by atoms with Gasteiger partial charge in [0.15, 0.2) is 5.78 Å². The van der Waals surface area contributed by atoms with Crippen molar-refractivity contribution in [2.45, 2.75) is 12.4 Å². The molecular formula is C6H7NO4S. The van der Waals surface area contributed by atoms with Gasteiger partial charge in [0.25, 0.3) is 5.24 Å². The molecule has 0 aromatic rings. The molecule has 5 nitrogen and oxygen atoms in total. The van der Waals surface area contributed by atoms with Gasteiger partial charge in [0.05, 0.1) is 5.57 Å². The lowest BCUT2D eigenvalue weighted by Gasteiger charge is -2.18. The normalized spacial score (nSPS) is 23.8. The predicted molar refractivity (Wildman–Crippen MR) is 42.5 cm³/mol. The number of aliphatic hydroxyl groups is 2. The summed E-state index contributed by atoms with van der Waals surface area (Å²) < 4.78 is 0. The minimum atomic E-state index is -1.27. The first-order valence-corrected chi connectivity index (χ1v) is 4.00. The number of thioether (sulfide) groups is 1. The van der Waals surface area contributed by atoms with E-state index >= 15 is 0 Å². The fraction of sp³-hybridized carbons (Fsp3) is 0.333. The lowest BCUT2D eigenvalue weighted by atomic mass is 10.2. The second-order valence-corrected chi connectivity index (χ2v) is 3.25. The first kappa shape index (κ1) is 9.08. The van der Waals surface area contributed by atoms with Gasteiger partial charge in [0, 0.05) is 0 Å². The number of rotatable bonds is 1. The van der Waals surface area contributed by atoms with Gasteiger partial charge in [-0.15, -0.1) is 0 Å². The monoisotopic (exact) mass is 189 g/mol. The maximum absolute atomic E-state index is 10.8. The van der Waals surface area contributed by atoms with Crippen LogP contribution in [-0.2, 0) is 4.79 Å². The second-order valence-electron chi connectivity index (χ2n) is 2.20. The summed E-state index contributed by atoms with van der Waals surface area (Å²) in [6, 6.07) is 0. The molecule has 3 N–H and O–H groups in total. The molecule has 1 aliphatic rings. The maximum Gasteiger partial charge on any atom is 0.288 e. The Morgan fingerprint density at radius 3 is 2.67 bits per heavy atom. The van der Waals surface area contributed by atoms with Crippen LogP contribution in [0, 0.1) is 0 Å². The number of carbonyl (C=O) groups is 2. The lowest BCUT2D eigenvalue weighted by molar-refractivity contribution is -0.114. The summed E-state index contributed by atoms with van der Waals surface area (Å²) in [6.45, 7) is 1.20. The Morgan fingerprint density at radius 1 is 1.67 bits per heavy atom. The molecule has 0 saturated heterocycles. The van der Waals surface area contributed by atoms with E-state index in [1.54, 1.807) is 0 Å². The van der Waals surface area contributed by atoms with Crippen molar-refractivity contribution in [3.05, 3.63) is 11.5 Å². The number of ketones is 1. The zero-order valence-corrected chi connectivity index (χ0v) is 7.01. The highest BCUT2D eigenvalue weighted by Gasteiger charge is 2.29. The number of aliphatic hydroxyl groups excluding tert-OH is 2. The number of Topliss-reactive ketones (excluding diaryl/α,β-unsaturated/α-hetero) is 1. The molecule has 1 rings (SSSR count). The molecule has 1 aliphatic heterocycles. The van der Waals surface area contributed by atoms with Gasteiger partial charge in [-0.3, -0.25) is 14.9 Å². The van der Waals surface area contributed by atoms with Gasteiger partial charge >= 0.3 is 0 Å². The highest BCUT2D eigenvalue weighted by atomic mass is 32.2. The first-order chi connectivity index (χ1) is 5.52. The summed E-state index contributed by atoms with van der Waals surface area (Å²) in [6.07, 6.45) is 0. The molecule has 0 aliphatic carbocycles. The second kappa shape index (κ2) is 3.16. The third-order valence-electron chi connectivity index (χ3n) is 1.32. The number of carbonyl (C=O) groups excluding carboxylic acids is 2. The molecule has 66 valence electrons. The molecule has 1 heterocycles. The Balaban J connectivity index is 3.01. The van der Waals surface area contributed by atoms with Crippen LogP contribution in [0.15, 0.2) is 11.5 Å². The van der Waals surface area contributed by atoms with E-state index in [1.807, 2.05) is 5.32 Å². The molecule has 0 radical (unpaired) electrons. The van der Waals surface area contributed by atoms with Crippen molar-refractivity contribution in [2.75, 3.05) is 0 Å². The summed E-state index contributed by atoms with van der Waals surface area (Å²) in [5, 5.41) is 19.6. The Hall–Kier alpha value is -1.01. The van der Waals surface area contributed by atoms with E-state index in [-0.39, 0.29) is 5.57 Å². The summed E-state index contributed by atoms with van der Waals surface area (Å²) >= 11 is 0.548. The average molecular weight is 189 g/mol. The highest BCUT2D eigenvalue weighted by Crippen LogP contribution is 2.24. The SMILES string of the molecule is CC(=O)C1=C(O)NC(=O)SC1O.